The second-order valence-electron chi connectivity index (χ2n) is 6.65. The predicted octanol–water partition coefficient (Wildman–Crippen LogP) is 5.85. The maximum Gasteiger partial charge on any atom is 0.335 e. The zero-order valence-corrected chi connectivity index (χ0v) is 22.9. The van der Waals surface area contributed by atoms with E-state index in [-0.39, 0.29) is 31.1 Å². The fourth-order valence-electron chi connectivity index (χ4n) is 1.04. The summed E-state index contributed by atoms with van der Waals surface area (Å²) in [6, 6.07) is 0. The molecule has 0 radical (unpaired) electrons. The van der Waals surface area contributed by atoms with E-state index in [9.17, 15) is 19.2 Å². The Morgan fingerprint density at radius 2 is 0.971 bits per heavy atom. The maximum absolute atomic E-state index is 10.8. The first-order valence-corrected chi connectivity index (χ1v) is 11.8. The van der Waals surface area contributed by atoms with Crippen molar-refractivity contribution in [3.63, 3.8) is 0 Å². The molecule has 0 aromatic rings. The van der Waals surface area contributed by atoms with Crippen molar-refractivity contribution in [1.82, 2.24) is 0 Å². The largest absolute Gasteiger partial charge is 0.428 e. The van der Waals surface area contributed by atoms with Crippen molar-refractivity contribution in [2.45, 2.75) is 99.8 Å². The van der Waals surface area contributed by atoms with Crippen molar-refractivity contribution < 1.29 is 42.9 Å². The first-order valence-electron chi connectivity index (χ1n) is 11.8. The molecule has 0 atom stereocenters. The van der Waals surface area contributed by atoms with Crippen LogP contribution in [0.2, 0.25) is 0 Å². The SMILES string of the molecule is C=C(C)C(=O)OCOC(=O)CCC.C=CC(=O)OCOC(=O)CCC.C=O.CCCC.CCCC. The summed E-state index contributed by atoms with van der Waals surface area (Å²) in [5.74, 6) is -1.88. The lowest BCUT2D eigenvalue weighted by Crippen LogP contribution is -2.12. The Balaban J connectivity index is -0.000000125. The fraction of sp³-hybridized carbons (Fsp3) is 0.654. The topological polar surface area (TPSA) is 122 Å². The van der Waals surface area contributed by atoms with Crippen LogP contribution in [-0.2, 0) is 42.9 Å². The van der Waals surface area contributed by atoms with Gasteiger partial charge in [0.2, 0.25) is 13.6 Å². The predicted molar refractivity (Wildman–Crippen MR) is 137 cm³/mol. The first kappa shape index (κ1) is 42.2. The van der Waals surface area contributed by atoms with Crippen LogP contribution < -0.4 is 0 Å². The van der Waals surface area contributed by atoms with Gasteiger partial charge in [0.25, 0.3) is 0 Å². The minimum absolute atomic E-state index is 0.284. The van der Waals surface area contributed by atoms with Gasteiger partial charge in [-0.25, -0.2) is 9.59 Å². The molecule has 35 heavy (non-hydrogen) atoms. The highest BCUT2D eigenvalue weighted by Crippen LogP contribution is 1.95. The number of esters is 4. The monoisotopic (exact) mass is 504 g/mol. The van der Waals surface area contributed by atoms with Crippen LogP contribution in [0.3, 0.4) is 0 Å². The van der Waals surface area contributed by atoms with Gasteiger partial charge in [-0.1, -0.05) is 80.4 Å². The number of rotatable bonds is 12. The van der Waals surface area contributed by atoms with E-state index in [1.807, 2.05) is 20.6 Å². The van der Waals surface area contributed by atoms with Crippen molar-refractivity contribution in [1.29, 1.82) is 0 Å². The molecule has 0 aromatic carbocycles. The molecule has 0 rings (SSSR count). The standard InChI is InChI=1S/C9H14O4.C8H12O4.2C4H10.CH2O/c1-4-5-8(10)12-6-13-9(11)7(2)3;1-3-5-8(10)12-6-11-7(9)4-2;2*1-3-4-2;1-2/h2,4-6H2,1,3H3;4H,2-3,5-6H2,1H3;2*3-4H2,1-2H3;1H2. The van der Waals surface area contributed by atoms with Crippen LogP contribution in [0.4, 0.5) is 0 Å². The molecule has 9 nitrogen and oxygen atoms in total. The Morgan fingerprint density at radius 3 is 1.23 bits per heavy atom. The van der Waals surface area contributed by atoms with Crippen molar-refractivity contribution in [3.05, 3.63) is 24.8 Å². The molecule has 0 fully saturated rings. The molecular formula is C26H48O9. The Hall–Kier alpha value is -2.97. The number of hydrogen-bond donors (Lipinski definition) is 0. The van der Waals surface area contributed by atoms with Crippen LogP contribution in [0, 0.1) is 0 Å². The van der Waals surface area contributed by atoms with E-state index in [1.165, 1.54) is 32.6 Å². The third kappa shape index (κ3) is 49.3. The molecule has 0 heterocycles. The molecule has 0 unspecified atom stereocenters. The Morgan fingerprint density at radius 1 is 0.629 bits per heavy atom. The first-order chi connectivity index (χ1) is 16.6. The third-order valence-electron chi connectivity index (χ3n) is 3.25. The highest BCUT2D eigenvalue weighted by molar-refractivity contribution is 5.86. The van der Waals surface area contributed by atoms with Gasteiger partial charge < -0.3 is 23.7 Å². The van der Waals surface area contributed by atoms with E-state index in [1.54, 1.807) is 0 Å². The van der Waals surface area contributed by atoms with Crippen molar-refractivity contribution >= 4 is 30.7 Å². The quantitative estimate of drug-likeness (QED) is 0.183. The van der Waals surface area contributed by atoms with Gasteiger partial charge in [-0.15, -0.1) is 0 Å². The van der Waals surface area contributed by atoms with Gasteiger partial charge >= 0.3 is 23.9 Å². The molecule has 0 N–H and O–H groups in total. The van der Waals surface area contributed by atoms with Gasteiger partial charge in [0, 0.05) is 24.5 Å². The Kier molecular flexibility index (Phi) is 46.2. The fourth-order valence-corrected chi connectivity index (χ4v) is 1.04. The van der Waals surface area contributed by atoms with E-state index in [0.717, 1.165) is 6.08 Å². The van der Waals surface area contributed by atoms with E-state index in [4.69, 9.17) is 4.79 Å². The molecule has 206 valence electrons. The molecular weight excluding hydrogens is 456 g/mol. The van der Waals surface area contributed by atoms with Crippen molar-refractivity contribution in [2.75, 3.05) is 13.6 Å². The zero-order valence-electron chi connectivity index (χ0n) is 22.9. The zero-order chi connectivity index (χ0) is 28.5. The molecule has 0 saturated carbocycles. The highest BCUT2D eigenvalue weighted by Gasteiger charge is 2.05. The minimum Gasteiger partial charge on any atom is -0.428 e. The molecule has 0 amide bonds. The van der Waals surface area contributed by atoms with E-state index in [0.29, 0.717) is 25.7 Å². The van der Waals surface area contributed by atoms with Gasteiger partial charge in [0.15, 0.2) is 0 Å². The van der Waals surface area contributed by atoms with Crippen molar-refractivity contribution in [2.24, 2.45) is 0 Å². The van der Waals surface area contributed by atoms with Gasteiger partial charge in [-0.3, -0.25) is 9.59 Å². The number of ether oxygens (including phenoxy) is 4. The van der Waals surface area contributed by atoms with Crippen LogP contribution in [-0.4, -0.2) is 44.3 Å². The average molecular weight is 505 g/mol. The summed E-state index contributed by atoms with van der Waals surface area (Å²) in [6.07, 6.45) is 8.39. The summed E-state index contributed by atoms with van der Waals surface area (Å²) in [6.45, 7) is 21.9. The molecule has 0 aromatic heterocycles. The number of carbonyl (C=O) groups is 5. The summed E-state index contributed by atoms with van der Waals surface area (Å²) in [5, 5.41) is 0. The van der Waals surface area contributed by atoms with Gasteiger partial charge in [-0.2, -0.15) is 0 Å². The molecule has 0 aliphatic rings. The van der Waals surface area contributed by atoms with Crippen LogP contribution in [0.15, 0.2) is 24.8 Å². The van der Waals surface area contributed by atoms with Crippen LogP contribution in [0.25, 0.3) is 0 Å². The average Bonchev–Trinajstić information content (AvgIpc) is 2.86. The van der Waals surface area contributed by atoms with Crippen LogP contribution >= 0.6 is 0 Å². The van der Waals surface area contributed by atoms with Crippen LogP contribution in [0.1, 0.15) is 99.8 Å². The lowest BCUT2D eigenvalue weighted by molar-refractivity contribution is -0.166. The minimum atomic E-state index is -0.598. The molecule has 9 heteroatoms. The maximum atomic E-state index is 10.8. The lowest BCUT2D eigenvalue weighted by atomic mass is 10.3. The van der Waals surface area contributed by atoms with Gasteiger partial charge in [0.05, 0.1) is 0 Å². The molecule has 0 bridgehead atoms. The lowest BCUT2D eigenvalue weighted by Gasteiger charge is -2.04. The Bertz CT molecular complexity index is 535. The number of unbranched alkanes of at least 4 members (excludes halogenated alkanes) is 2. The van der Waals surface area contributed by atoms with E-state index in [2.05, 4.69) is 59.8 Å². The summed E-state index contributed by atoms with van der Waals surface area (Å²) in [5.41, 5.74) is 0.284. The molecule has 0 spiro atoms. The molecule has 0 aliphatic heterocycles. The van der Waals surface area contributed by atoms with Gasteiger partial charge in [0.1, 0.15) is 6.79 Å². The number of hydrogen-bond acceptors (Lipinski definition) is 9. The van der Waals surface area contributed by atoms with Crippen molar-refractivity contribution in [3.8, 4) is 0 Å². The summed E-state index contributed by atoms with van der Waals surface area (Å²) in [4.78, 5) is 50.6. The summed E-state index contributed by atoms with van der Waals surface area (Å²) < 4.78 is 18.1. The highest BCUT2D eigenvalue weighted by atomic mass is 16.7. The summed E-state index contributed by atoms with van der Waals surface area (Å²) >= 11 is 0. The molecule has 0 aliphatic carbocycles. The Labute approximate surface area is 212 Å². The normalized spacial score (nSPS) is 8.20. The molecule has 0 saturated heterocycles. The smallest absolute Gasteiger partial charge is 0.335 e. The second kappa shape index (κ2) is 38.3. The third-order valence-corrected chi connectivity index (χ3v) is 3.25. The second-order valence-corrected chi connectivity index (χ2v) is 6.65. The summed E-state index contributed by atoms with van der Waals surface area (Å²) in [7, 11) is 0. The van der Waals surface area contributed by atoms with E-state index < -0.39 is 11.9 Å². The van der Waals surface area contributed by atoms with E-state index >= 15 is 0 Å². The van der Waals surface area contributed by atoms with Gasteiger partial charge in [-0.05, 0) is 19.8 Å². The number of carbonyl (C=O) groups excluding carboxylic acids is 5. The van der Waals surface area contributed by atoms with Crippen LogP contribution in [0.5, 0.6) is 0 Å².